The van der Waals surface area contributed by atoms with E-state index in [4.69, 9.17) is 16.7 Å². The Hall–Kier alpha value is -1.94. The van der Waals surface area contributed by atoms with Crippen molar-refractivity contribution in [2.24, 2.45) is 0 Å². The van der Waals surface area contributed by atoms with Crippen LogP contribution in [0.4, 0.5) is 0 Å². The van der Waals surface area contributed by atoms with Gasteiger partial charge in [-0.25, -0.2) is 0 Å². The van der Waals surface area contributed by atoms with Crippen LogP contribution in [-0.2, 0) is 17.6 Å². The Morgan fingerprint density at radius 2 is 1.80 bits per heavy atom. The van der Waals surface area contributed by atoms with E-state index in [1.165, 1.54) is 37.7 Å². The molecule has 0 aliphatic carbocycles. The number of halogens is 1. The van der Waals surface area contributed by atoms with Gasteiger partial charge in [0.05, 0.1) is 17.6 Å². The quantitative estimate of drug-likeness (QED) is 0.484. The van der Waals surface area contributed by atoms with E-state index >= 15 is 0 Å². The van der Waals surface area contributed by atoms with Crippen LogP contribution >= 0.6 is 11.6 Å². The summed E-state index contributed by atoms with van der Waals surface area (Å²) < 4.78 is 0. The van der Waals surface area contributed by atoms with E-state index in [1.54, 1.807) is 12.4 Å². The highest BCUT2D eigenvalue weighted by Crippen LogP contribution is 2.18. The fourth-order valence-corrected chi connectivity index (χ4v) is 2.81. The predicted octanol–water partition coefficient (Wildman–Crippen LogP) is 4.89. The maximum atomic E-state index is 10.8. The van der Waals surface area contributed by atoms with Gasteiger partial charge < -0.3 is 5.11 Å². The van der Waals surface area contributed by atoms with Crippen molar-refractivity contribution in [2.45, 2.75) is 57.2 Å². The highest BCUT2D eigenvalue weighted by molar-refractivity contribution is 6.29. The van der Waals surface area contributed by atoms with Gasteiger partial charge in [0, 0.05) is 18.2 Å². The molecule has 0 aliphatic rings. The van der Waals surface area contributed by atoms with Crippen LogP contribution in [-0.4, -0.2) is 26.4 Å². The molecule has 0 saturated heterocycles. The summed E-state index contributed by atoms with van der Waals surface area (Å²) in [5.74, 6) is -1.04. The standard InChI is InChI=1S/C20H25ClN2O2/c1-2-3-4-5-6-7-15-8-10-16(11-9-15)19-14-22-17(13-23-19)12-18(21)20(24)25/h8-11,13-14,18H,2-7,12H2,1H3,(H,24,25)/t18-/m1/s1. The van der Waals surface area contributed by atoms with Gasteiger partial charge in [-0.3, -0.25) is 14.8 Å². The molecule has 0 spiro atoms. The minimum atomic E-state index is -1.04. The van der Waals surface area contributed by atoms with E-state index in [2.05, 4.69) is 41.2 Å². The molecule has 1 N–H and O–H groups in total. The van der Waals surface area contributed by atoms with Crippen LogP contribution in [0.5, 0.6) is 0 Å². The average Bonchev–Trinajstić information content (AvgIpc) is 2.63. The van der Waals surface area contributed by atoms with E-state index in [0.29, 0.717) is 5.69 Å². The predicted molar refractivity (Wildman–Crippen MR) is 101 cm³/mol. The summed E-state index contributed by atoms with van der Waals surface area (Å²) in [5.41, 5.74) is 3.71. The number of aliphatic carboxylic acids is 1. The number of hydrogen-bond acceptors (Lipinski definition) is 3. The number of aromatic nitrogens is 2. The van der Waals surface area contributed by atoms with Crippen LogP contribution in [0.15, 0.2) is 36.7 Å². The molecule has 0 bridgehead atoms. The molecule has 1 aromatic carbocycles. The number of carboxylic acid groups (broad SMARTS) is 1. The highest BCUT2D eigenvalue weighted by Gasteiger charge is 2.15. The number of rotatable bonds is 10. The zero-order valence-electron chi connectivity index (χ0n) is 14.6. The van der Waals surface area contributed by atoms with E-state index < -0.39 is 11.3 Å². The van der Waals surface area contributed by atoms with Gasteiger partial charge in [-0.1, -0.05) is 56.9 Å². The molecule has 0 aliphatic heterocycles. The third-order valence-electron chi connectivity index (χ3n) is 4.18. The highest BCUT2D eigenvalue weighted by atomic mass is 35.5. The van der Waals surface area contributed by atoms with Crippen LogP contribution < -0.4 is 0 Å². The number of unbranched alkanes of at least 4 members (excludes halogenated alkanes) is 4. The van der Waals surface area contributed by atoms with Crippen molar-refractivity contribution in [3.63, 3.8) is 0 Å². The van der Waals surface area contributed by atoms with E-state index in [1.807, 2.05) is 0 Å². The second kappa shape index (κ2) is 10.1. The fraction of sp³-hybridized carbons (Fsp3) is 0.450. The van der Waals surface area contributed by atoms with E-state index in [9.17, 15) is 4.79 Å². The molecule has 0 unspecified atom stereocenters. The zero-order valence-corrected chi connectivity index (χ0v) is 15.4. The summed E-state index contributed by atoms with van der Waals surface area (Å²) in [7, 11) is 0. The van der Waals surface area contributed by atoms with Gasteiger partial charge in [0.15, 0.2) is 0 Å². The third-order valence-corrected chi connectivity index (χ3v) is 4.52. The summed E-state index contributed by atoms with van der Waals surface area (Å²) in [6, 6.07) is 8.41. The SMILES string of the molecule is CCCCCCCc1ccc(-c2cnc(C[C@@H](Cl)C(=O)O)cn2)cc1. The molecule has 2 aromatic rings. The molecule has 0 amide bonds. The van der Waals surface area contributed by atoms with Crippen molar-refractivity contribution in [1.29, 1.82) is 0 Å². The molecular formula is C20H25ClN2O2. The Morgan fingerprint density at radius 1 is 1.08 bits per heavy atom. The van der Waals surface area contributed by atoms with Crippen LogP contribution in [0.2, 0.25) is 0 Å². The van der Waals surface area contributed by atoms with Crippen molar-refractivity contribution in [2.75, 3.05) is 0 Å². The summed E-state index contributed by atoms with van der Waals surface area (Å²) in [6.45, 7) is 2.23. The van der Waals surface area contributed by atoms with Crippen molar-refractivity contribution in [3.8, 4) is 11.3 Å². The Bertz CT molecular complexity index is 656. The van der Waals surface area contributed by atoms with Gasteiger partial charge in [0.2, 0.25) is 0 Å². The summed E-state index contributed by atoms with van der Waals surface area (Å²) >= 11 is 5.73. The summed E-state index contributed by atoms with van der Waals surface area (Å²) in [4.78, 5) is 19.4. The lowest BCUT2D eigenvalue weighted by atomic mass is 10.0. The van der Waals surface area contributed by atoms with Gasteiger partial charge in [-0.2, -0.15) is 0 Å². The van der Waals surface area contributed by atoms with Crippen LogP contribution in [0.3, 0.4) is 0 Å². The van der Waals surface area contributed by atoms with Crippen LogP contribution in [0.25, 0.3) is 11.3 Å². The summed E-state index contributed by atoms with van der Waals surface area (Å²) in [5, 5.41) is 7.85. The van der Waals surface area contributed by atoms with Crippen molar-refractivity contribution >= 4 is 17.6 Å². The number of carboxylic acids is 1. The van der Waals surface area contributed by atoms with E-state index in [0.717, 1.165) is 17.7 Å². The molecule has 25 heavy (non-hydrogen) atoms. The maximum absolute atomic E-state index is 10.8. The number of alkyl halides is 1. The second-order valence-electron chi connectivity index (χ2n) is 6.26. The first-order valence-electron chi connectivity index (χ1n) is 8.87. The number of aryl methyl sites for hydroxylation is 1. The smallest absolute Gasteiger partial charge is 0.322 e. The van der Waals surface area contributed by atoms with Crippen molar-refractivity contribution in [1.82, 2.24) is 9.97 Å². The molecule has 0 saturated carbocycles. The molecule has 4 nitrogen and oxygen atoms in total. The Labute approximate surface area is 154 Å². The van der Waals surface area contributed by atoms with Gasteiger partial charge in [0.25, 0.3) is 0 Å². The fourth-order valence-electron chi connectivity index (χ4n) is 2.66. The molecule has 1 heterocycles. The molecule has 0 fully saturated rings. The summed E-state index contributed by atoms with van der Waals surface area (Å²) in [6.07, 6.45) is 11.0. The van der Waals surface area contributed by atoms with Gasteiger partial charge in [-0.15, -0.1) is 11.6 Å². The van der Waals surface area contributed by atoms with Crippen molar-refractivity contribution in [3.05, 3.63) is 47.9 Å². The minimum absolute atomic E-state index is 0.168. The third kappa shape index (κ3) is 6.46. The molecule has 134 valence electrons. The first-order chi connectivity index (χ1) is 12.1. The Morgan fingerprint density at radius 3 is 2.40 bits per heavy atom. The minimum Gasteiger partial charge on any atom is -0.480 e. The lowest BCUT2D eigenvalue weighted by Gasteiger charge is -2.06. The normalized spacial score (nSPS) is 12.1. The number of nitrogens with zero attached hydrogens (tertiary/aromatic N) is 2. The first-order valence-corrected chi connectivity index (χ1v) is 9.31. The van der Waals surface area contributed by atoms with Gasteiger partial charge in [-0.05, 0) is 18.4 Å². The second-order valence-corrected chi connectivity index (χ2v) is 6.79. The van der Waals surface area contributed by atoms with Crippen LogP contribution in [0.1, 0.15) is 50.3 Å². The molecule has 0 radical (unpaired) electrons. The largest absolute Gasteiger partial charge is 0.480 e. The Kier molecular flexibility index (Phi) is 7.86. The average molecular weight is 361 g/mol. The van der Waals surface area contributed by atoms with Gasteiger partial charge in [0.1, 0.15) is 5.38 Å². The van der Waals surface area contributed by atoms with Gasteiger partial charge >= 0.3 is 5.97 Å². The first kappa shape index (κ1) is 19.4. The lowest BCUT2D eigenvalue weighted by Crippen LogP contribution is -2.16. The van der Waals surface area contributed by atoms with E-state index in [-0.39, 0.29) is 6.42 Å². The molecule has 2 rings (SSSR count). The number of hydrogen-bond donors (Lipinski definition) is 1. The monoisotopic (exact) mass is 360 g/mol. The molecule has 1 atom stereocenters. The molecule has 5 heteroatoms. The van der Waals surface area contributed by atoms with Crippen LogP contribution in [0, 0.1) is 0 Å². The zero-order chi connectivity index (χ0) is 18.1. The number of benzene rings is 1. The number of carbonyl (C=O) groups is 1. The lowest BCUT2D eigenvalue weighted by molar-refractivity contribution is -0.136. The Balaban J connectivity index is 1.90. The molecular weight excluding hydrogens is 336 g/mol. The topological polar surface area (TPSA) is 63.1 Å². The maximum Gasteiger partial charge on any atom is 0.322 e. The molecule has 1 aromatic heterocycles. The van der Waals surface area contributed by atoms with Crippen molar-refractivity contribution < 1.29 is 9.90 Å².